The number of hydrogen-bond donors (Lipinski definition) is 2. The quantitative estimate of drug-likeness (QED) is 0.883. The number of ether oxygens (including phenoxy) is 1. The van der Waals surface area contributed by atoms with Crippen LogP contribution in [0.3, 0.4) is 0 Å². The molecule has 108 valence electrons. The lowest BCUT2D eigenvalue weighted by atomic mass is 10.0. The van der Waals surface area contributed by atoms with Gasteiger partial charge in [0.2, 0.25) is 0 Å². The fraction of sp³-hybridized carbons (Fsp3) is 0.467. The molecule has 0 bridgehead atoms. The largest absolute Gasteiger partial charge is 0.380 e. The number of carbonyl (C=O) groups excluding carboxylic acids is 1. The van der Waals surface area contributed by atoms with Crippen molar-refractivity contribution in [1.82, 2.24) is 10.6 Å². The molecular weight excluding hydrogens is 254 g/mol. The molecule has 1 heterocycles. The van der Waals surface area contributed by atoms with Crippen molar-refractivity contribution < 1.29 is 9.53 Å². The molecule has 0 aromatic heterocycles. The van der Waals surface area contributed by atoms with Gasteiger partial charge in [0.05, 0.1) is 6.61 Å². The maximum atomic E-state index is 12.1. The van der Waals surface area contributed by atoms with E-state index in [1.165, 1.54) is 0 Å². The first-order valence-corrected chi connectivity index (χ1v) is 6.64. The minimum atomic E-state index is -0.508. The van der Waals surface area contributed by atoms with Crippen LogP contribution in [0.2, 0.25) is 0 Å². The highest BCUT2D eigenvalue weighted by atomic mass is 16.5. The van der Waals surface area contributed by atoms with E-state index in [0.29, 0.717) is 12.6 Å². The van der Waals surface area contributed by atoms with E-state index in [1.807, 2.05) is 45.0 Å². The highest BCUT2D eigenvalue weighted by Crippen LogP contribution is 2.25. The van der Waals surface area contributed by atoms with Gasteiger partial charge < -0.3 is 10.1 Å². The Morgan fingerprint density at radius 2 is 2.05 bits per heavy atom. The van der Waals surface area contributed by atoms with E-state index in [9.17, 15) is 4.79 Å². The van der Waals surface area contributed by atoms with Crippen molar-refractivity contribution >= 4 is 11.9 Å². The average Bonchev–Trinajstić information content (AvgIpc) is 2.69. The zero-order valence-electron chi connectivity index (χ0n) is 12.4. The van der Waals surface area contributed by atoms with Crippen molar-refractivity contribution in [3.05, 3.63) is 35.4 Å². The first-order valence-electron chi connectivity index (χ1n) is 6.64. The molecule has 0 saturated heterocycles. The van der Waals surface area contributed by atoms with E-state index in [1.54, 1.807) is 7.11 Å². The maximum Gasteiger partial charge on any atom is 0.256 e. The first kappa shape index (κ1) is 14.5. The van der Waals surface area contributed by atoms with Crippen LogP contribution >= 0.6 is 0 Å². The number of rotatable bonds is 3. The number of hydrogen-bond acceptors (Lipinski definition) is 4. The van der Waals surface area contributed by atoms with Gasteiger partial charge in [0, 0.05) is 12.6 Å². The average molecular weight is 275 g/mol. The summed E-state index contributed by atoms with van der Waals surface area (Å²) in [5.41, 5.74) is 1.72. The molecule has 1 atom stereocenters. The monoisotopic (exact) mass is 275 g/mol. The number of amides is 1. The first-order chi connectivity index (χ1) is 9.40. The second-order valence-electron chi connectivity index (χ2n) is 5.88. The summed E-state index contributed by atoms with van der Waals surface area (Å²) in [6.07, 6.45) is 0. The minimum absolute atomic E-state index is 0.111. The van der Waals surface area contributed by atoms with Gasteiger partial charge in [-0.15, -0.1) is 0 Å². The van der Waals surface area contributed by atoms with Crippen molar-refractivity contribution in [2.24, 2.45) is 4.99 Å². The summed E-state index contributed by atoms with van der Waals surface area (Å²) in [6.45, 7) is 6.53. The molecule has 1 aliphatic heterocycles. The lowest BCUT2D eigenvalue weighted by molar-refractivity contribution is -0.120. The molecule has 0 spiro atoms. The molecule has 0 saturated carbocycles. The van der Waals surface area contributed by atoms with Gasteiger partial charge in [-0.05, 0) is 31.9 Å². The summed E-state index contributed by atoms with van der Waals surface area (Å²) in [5.74, 6) is 0.417. The normalized spacial score (nSPS) is 18.7. The molecule has 0 aliphatic carbocycles. The third-order valence-electron chi connectivity index (χ3n) is 2.89. The summed E-state index contributed by atoms with van der Waals surface area (Å²) >= 11 is 0. The molecule has 5 heteroatoms. The van der Waals surface area contributed by atoms with Gasteiger partial charge in [0.1, 0.15) is 0 Å². The summed E-state index contributed by atoms with van der Waals surface area (Å²) in [5, 5.41) is 5.97. The number of methoxy groups -OCH3 is 1. The van der Waals surface area contributed by atoms with Gasteiger partial charge in [-0.25, -0.2) is 4.99 Å². The van der Waals surface area contributed by atoms with Crippen LogP contribution in [0.1, 0.15) is 37.9 Å². The lowest BCUT2D eigenvalue weighted by Crippen LogP contribution is -2.46. The number of nitrogens with one attached hydrogen (secondary N) is 2. The van der Waals surface area contributed by atoms with Crippen LogP contribution in [0.15, 0.2) is 29.3 Å². The fourth-order valence-electron chi connectivity index (χ4n) is 2.12. The zero-order chi connectivity index (χ0) is 14.8. The highest BCUT2D eigenvalue weighted by Gasteiger charge is 2.30. The van der Waals surface area contributed by atoms with Crippen LogP contribution in [-0.2, 0) is 16.1 Å². The van der Waals surface area contributed by atoms with Crippen molar-refractivity contribution in [3.63, 3.8) is 0 Å². The van der Waals surface area contributed by atoms with E-state index in [0.717, 1.165) is 11.1 Å². The lowest BCUT2D eigenvalue weighted by Gasteiger charge is -2.21. The number of aliphatic imine (C=N–C) groups is 1. The number of carbonyl (C=O) groups is 1. The second kappa shape index (κ2) is 5.63. The molecular formula is C15H21N3O2. The molecule has 20 heavy (non-hydrogen) atoms. The van der Waals surface area contributed by atoms with E-state index in [2.05, 4.69) is 15.6 Å². The van der Waals surface area contributed by atoms with Gasteiger partial charge >= 0.3 is 0 Å². The van der Waals surface area contributed by atoms with Gasteiger partial charge in [0.15, 0.2) is 12.0 Å². The molecule has 1 aromatic carbocycles. The molecule has 1 aliphatic rings. The third kappa shape index (κ3) is 3.36. The highest BCUT2D eigenvalue weighted by molar-refractivity contribution is 6.05. The molecule has 0 radical (unpaired) electrons. The number of nitrogens with zero attached hydrogens (tertiary/aromatic N) is 1. The smallest absolute Gasteiger partial charge is 0.256 e. The molecule has 1 aromatic rings. The van der Waals surface area contributed by atoms with Crippen molar-refractivity contribution in [2.75, 3.05) is 7.11 Å². The Kier molecular flexibility index (Phi) is 4.09. The van der Waals surface area contributed by atoms with Crippen molar-refractivity contribution in [2.45, 2.75) is 39.0 Å². The standard InChI is InChI=1S/C15H21N3O2/c1-15(2,3)18-14-16-12(13(19)17-14)11-8-6-5-7-10(11)9-20-4/h5-8,12H,9H2,1-4H3,(H2,16,17,18,19). The van der Waals surface area contributed by atoms with E-state index in [4.69, 9.17) is 4.74 Å². The van der Waals surface area contributed by atoms with E-state index >= 15 is 0 Å². The van der Waals surface area contributed by atoms with Gasteiger partial charge in [0.25, 0.3) is 5.91 Å². The predicted octanol–water partition coefficient (Wildman–Crippen LogP) is 1.75. The Morgan fingerprint density at radius 3 is 2.70 bits per heavy atom. The molecule has 2 N–H and O–H groups in total. The minimum Gasteiger partial charge on any atom is -0.380 e. The van der Waals surface area contributed by atoms with E-state index < -0.39 is 6.04 Å². The van der Waals surface area contributed by atoms with Crippen LogP contribution in [-0.4, -0.2) is 24.5 Å². The summed E-state index contributed by atoms with van der Waals surface area (Å²) in [4.78, 5) is 16.6. The molecule has 5 nitrogen and oxygen atoms in total. The van der Waals surface area contributed by atoms with Gasteiger partial charge in [-0.1, -0.05) is 24.3 Å². The number of guanidine groups is 1. The second-order valence-corrected chi connectivity index (χ2v) is 5.88. The molecule has 0 fully saturated rings. The molecule has 1 amide bonds. The van der Waals surface area contributed by atoms with Crippen LogP contribution in [0.25, 0.3) is 0 Å². The van der Waals surface area contributed by atoms with Crippen molar-refractivity contribution in [3.8, 4) is 0 Å². The van der Waals surface area contributed by atoms with E-state index in [-0.39, 0.29) is 11.4 Å². The van der Waals surface area contributed by atoms with Gasteiger partial charge in [-0.2, -0.15) is 0 Å². The SMILES string of the molecule is COCc1ccccc1C1N=C(NC(C)(C)C)NC1=O. The van der Waals surface area contributed by atoms with Crippen LogP contribution < -0.4 is 10.6 Å². The molecule has 2 rings (SSSR count). The Bertz CT molecular complexity index is 532. The van der Waals surface area contributed by atoms with Crippen molar-refractivity contribution in [1.29, 1.82) is 0 Å². The summed E-state index contributed by atoms with van der Waals surface area (Å²) in [6, 6.07) is 7.21. The maximum absolute atomic E-state index is 12.1. The molecule has 1 unspecified atom stereocenters. The topological polar surface area (TPSA) is 62.7 Å². The Hall–Kier alpha value is -1.88. The number of benzene rings is 1. The summed E-state index contributed by atoms with van der Waals surface area (Å²) < 4.78 is 5.17. The predicted molar refractivity (Wildman–Crippen MR) is 78.4 cm³/mol. The Balaban J connectivity index is 2.26. The van der Waals surface area contributed by atoms with Crippen LogP contribution in [0, 0.1) is 0 Å². The Labute approximate surface area is 119 Å². The summed E-state index contributed by atoms with van der Waals surface area (Å²) in [7, 11) is 1.64. The van der Waals surface area contributed by atoms with Gasteiger partial charge in [-0.3, -0.25) is 10.1 Å². The third-order valence-corrected chi connectivity index (χ3v) is 2.89. The van der Waals surface area contributed by atoms with Crippen LogP contribution in [0.4, 0.5) is 0 Å². The zero-order valence-corrected chi connectivity index (χ0v) is 12.4. The fourth-order valence-corrected chi connectivity index (χ4v) is 2.12. The Morgan fingerprint density at radius 1 is 1.35 bits per heavy atom. The van der Waals surface area contributed by atoms with Crippen LogP contribution in [0.5, 0.6) is 0 Å².